The molecule has 2 rings (SSSR count). The van der Waals surface area contributed by atoms with Crippen molar-refractivity contribution in [3.63, 3.8) is 0 Å². The van der Waals surface area contributed by atoms with E-state index >= 15 is 0 Å². The van der Waals surface area contributed by atoms with Gasteiger partial charge >= 0.3 is 5.82 Å². The maximum Gasteiger partial charge on any atom is 0.381 e. The number of anilines is 1. The number of amides is 1. The number of hydrogen-bond donors (Lipinski definition) is 2. The van der Waals surface area contributed by atoms with Crippen LogP contribution in [0.25, 0.3) is 0 Å². The molecule has 0 aliphatic heterocycles. The summed E-state index contributed by atoms with van der Waals surface area (Å²) in [6.45, 7) is 2.29. The lowest BCUT2D eigenvalue weighted by Gasteiger charge is -2.04. The number of carbonyl (C=O) groups excluding carboxylic acids is 1. The summed E-state index contributed by atoms with van der Waals surface area (Å²) in [6, 6.07) is 0. The second kappa shape index (κ2) is 5.95. The minimum Gasteiger partial charge on any atom is -0.358 e. The largest absolute Gasteiger partial charge is 0.381 e. The van der Waals surface area contributed by atoms with Gasteiger partial charge in [0.25, 0.3) is 0 Å². The van der Waals surface area contributed by atoms with Crippen LogP contribution in [0.1, 0.15) is 18.9 Å². The lowest BCUT2D eigenvalue weighted by Crippen LogP contribution is -2.15. The van der Waals surface area contributed by atoms with E-state index in [4.69, 9.17) is 0 Å². The van der Waals surface area contributed by atoms with E-state index in [0.717, 1.165) is 12.0 Å². The van der Waals surface area contributed by atoms with Crippen LogP contribution >= 0.6 is 0 Å². The molecule has 9 nitrogen and oxygen atoms in total. The molecule has 1 amide bonds. The monoisotopic (exact) mass is 278 g/mol. The highest BCUT2D eigenvalue weighted by molar-refractivity contribution is 5.90. The number of aromatic amines is 1. The van der Waals surface area contributed by atoms with Crippen LogP contribution < -0.4 is 5.32 Å². The maximum absolute atomic E-state index is 11.8. The lowest BCUT2D eigenvalue weighted by atomic mass is 10.2. The van der Waals surface area contributed by atoms with Gasteiger partial charge in [-0.1, -0.05) is 6.92 Å². The molecular formula is C11H14N6O3. The predicted molar refractivity (Wildman–Crippen MR) is 70.1 cm³/mol. The molecular weight excluding hydrogens is 264 g/mol. The molecule has 0 unspecified atom stereocenters. The molecule has 106 valence electrons. The molecule has 2 aromatic heterocycles. The molecule has 2 aromatic rings. The Balaban J connectivity index is 1.87. The van der Waals surface area contributed by atoms with Gasteiger partial charge < -0.3 is 20.0 Å². The second-order valence-corrected chi connectivity index (χ2v) is 4.15. The number of imidazole rings is 1. The molecule has 0 atom stereocenters. The van der Waals surface area contributed by atoms with E-state index in [1.54, 1.807) is 6.20 Å². The third-order valence-corrected chi connectivity index (χ3v) is 2.77. The number of nitrogens with one attached hydrogen (secondary N) is 2. The minimum absolute atomic E-state index is 0.190. The Morgan fingerprint density at radius 2 is 2.40 bits per heavy atom. The van der Waals surface area contributed by atoms with E-state index in [2.05, 4.69) is 20.5 Å². The lowest BCUT2D eigenvalue weighted by molar-refractivity contribution is -0.389. The van der Waals surface area contributed by atoms with Crippen molar-refractivity contribution in [2.75, 3.05) is 5.32 Å². The first-order valence-corrected chi connectivity index (χ1v) is 6.08. The molecule has 0 bridgehead atoms. The van der Waals surface area contributed by atoms with Crippen molar-refractivity contribution < 1.29 is 9.72 Å². The average molecular weight is 278 g/mol. The summed E-state index contributed by atoms with van der Waals surface area (Å²) in [7, 11) is 0. The first-order chi connectivity index (χ1) is 9.60. The molecule has 2 N–H and O–H groups in total. The molecule has 0 aliphatic carbocycles. The third-order valence-electron chi connectivity index (χ3n) is 2.77. The summed E-state index contributed by atoms with van der Waals surface area (Å²) < 4.78 is 1.51. The summed E-state index contributed by atoms with van der Waals surface area (Å²) >= 11 is 0. The number of aromatic nitrogens is 4. The van der Waals surface area contributed by atoms with Crippen molar-refractivity contribution in [2.45, 2.75) is 26.3 Å². The van der Waals surface area contributed by atoms with Crippen molar-refractivity contribution in [3.05, 3.63) is 34.4 Å². The van der Waals surface area contributed by atoms with Gasteiger partial charge in [0.2, 0.25) is 12.2 Å². The molecule has 20 heavy (non-hydrogen) atoms. The molecule has 0 saturated carbocycles. The summed E-state index contributed by atoms with van der Waals surface area (Å²) in [5.41, 5.74) is 0.927. The van der Waals surface area contributed by atoms with E-state index in [9.17, 15) is 14.9 Å². The number of carbonyl (C=O) groups is 1. The number of H-pyrrole nitrogens is 1. The van der Waals surface area contributed by atoms with Crippen LogP contribution in [0.5, 0.6) is 0 Å². The SMILES string of the molecule is CCc1cn[nH]c1NC(=O)CCn1cnc([N+](=O)[O-])c1. The Morgan fingerprint density at radius 1 is 1.60 bits per heavy atom. The third kappa shape index (κ3) is 3.19. The smallest absolute Gasteiger partial charge is 0.358 e. The van der Waals surface area contributed by atoms with Gasteiger partial charge in [0.15, 0.2) is 0 Å². The Hall–Kier alpha value is -2.71. The van der Waals surface area contributed by atoms with E-state index in [1.165, 1.54) is 17.1 Å². The first-order valence-electron chi connectivity index (χ1n) is 6.08. The Labute approximate surface area is 114 Å². The van der Waals surface area contributed by atoms with Crippen LogP contribution in [0.3, 0.4) is 0 Å². The molecule has 2 heterocycles. The van der Waals surface area contributed by atoms with Crippen molar-refractivity contribution in [1.82, 2.24) is 19.7 Å². The molecule has 0 aromatic carbocycles. The highest BCUT2D eigenvalue weighted by Gasteiger charge is 2.11. The summed E-state index contributed by atoms with van der Waals surface area (Å²) in [4.78, 5) is 25.3. The minimum atomic E-state index is -0.575. The average Bonchev–Trinajstić information content (AvgIpc) is 3.04. The van der Waals surface area contributed by atoms with Gasteiger partial charge in [0.05, 0.1) is 6.20 Å². The molecule has 0 radical (unpaired) electrons. The van der Waals surface area contributed by atoms with Gasteiger partial charge in [-0.3, -0.25) is 9.89 Å². The molecule has 0 saturated heterocycles. The van der Waals surface area contributed by atoms with E-state index in [-0.39, 0.29) is 18.1 Å². The molecule has 0 spiro atoms. The molecule has 9 heteroatoms. The fraction of sp³-hybridized carbons (Fsp3) is 0.364. The Bertz CT molecular complexity index is 617. The number of rotatable bonds is 6. The number of aryl methyl sites for hydroxylation is 2. The number of nitro groups is 1. The highest BCUT2D eigenvalue weighted by atomic mass is 16.6. The van der Waals surface area contributed by atoms with Gasteiger partial charge in [0, 0.05) is 18.5 Å². The standard InChI is InChI=1S/C11H14N6O3/c1-2-8-5-13-15-11(8)14-10(18)3-4-16-6-9(12-7-16)17(19)20/h5-7H,2-4H2,1H3,(H2,13,14,15,18). The fourth-order valence-electron chi connectivity index (χ4n) is 1.68. The van der Waals surface area contributed by atoms with Crippen LogP contribution in [-0.2, 0) is 17.8 Å². The summed E-state index contributed by atoms with van der Waals surface area (Å²) in [6.07, 6.45) is 5.24. The van der Waals surface area contributed by atoms with Crippen molar-refractivity contribution >= 4 is 17.5 Å². The fourth-order valence-corrected chi connectivity index (χ4v) is 1.68. The maximum atomic E-state index is 11.8. The van der Waals surface area contributed by atoms with Crippen LogP contribution in [0.4, 0.5) is 11.6 Å². The van der Waals surface area contributed by atoms with Crippen molar-refractivity contribution in [2.24, 2.45) is 0 Å². The zero-order valence-electron chi connectivity index (χ0n) is 10.9. The summed E-state index contributed by atoms with van der Waals surface area (Å²) in [5, 5.41) is 19.8. The van der Waals surface area contributed by atoms with Crippen molar-refractivity contribution in [3.8, 4) is 0 Å². The Kier molecular flexibility index (Phi) is 4.08. The van der Waals surface area contributed by atoms with Gasteiger partial charge in [-0.15, -0.1) is 0 Å². The number of nitrogens with zero attached hydrogens (tertiary/aromatic N) is 4. The van der Waals surface area contributed by atoms with Gasteiger partial charge in [-0.25, -0.2) is 0 Å². The van der Waals surface area contributed by atoms with E-state index in [0.29, 0.717) is 12.4 Å². The van der Waals surface area contributed by atoms with Crippen LogP contribution in [-0.4, -0.2) is 30.6 Å². The Morgan fingerprint density at radius 3 is 3.05 bits per heavy atom. The molecule has 0 fully saturated rings. The molecule has 0 aliphatic rings. The topological polar surface area (TPSA) is 119 Å². The quantitative estimate of drug-likeness (QED) is 0.606. The zero-order valence-corrected chi connectivity index (χ0v) is 10.9. The van der Waals surface area contributed by atoms with Gasteiger partial charge in [0.1, 0.15) is 12.0 Å². The van der Waals surface area contributed by atoms with Gasteiger partial charge in [-0.05, 0) is 16.3 Å². The van der Waals surface area contributed by atoms with Crippen LogP contribution in [0, 0.1) is 10.1 Å². The normalized spacial score (nSPS) is 10.4. The zero-order chi connectivity index (χ0) is 14.5. The van der Waals surface area contributed by atoms with E-state index < -0.39 is 4.92 Å². The first kappa shape index (κ1) is 13.7. The second-order valence-electron chi connectivity index (χ2n) is 4.15. The van der Waals surface area contributed by atoms with E-state index in [1.807, 2.05) is 6.92 Å². The van der Waals surface area contributed by atoms with Crippen LogP contribution in [0.15, 0.2) is 18.7 Å². The number of hydrogen-bond acceptors (Lipinski definition) is 5. The van der Waals surface area contributed by atoms with Crippen LogP contribution in [0.2, 0.25) is 0 Å². The predicted octanol–water partition coefficient (Wildman–Crippen LogP) is 1.11. The van der Waals surface area contributed by atoms with Crippen molar-refractivity contribution in [1.29, 1.82) is 0 Å². The summed E-state index contributed by atoms with van der Waals surface area (Å²) in [5.74, 6) is 0.168. The highest BCUT2D eigenvalue weighted by Crippen LogP contribution is 2.12. The van der Waals surface area contributed by atoms with Gasteiger partial charge in [-0.2, -0.15) is 5.10 Å².